The Balaban J connectivity index is 1.76. The number of carbonyl (C=O) groups is 2. The average molecular weight is 483 g/mol. The molecule has 1 N–H and O–H groups in total. The summed E-state index contributed by atoms with van der Waals surface area (Å²) < 4.78 is 18.5. The van der Waals surface area contributed by atoms with Gasteiger partial charge in [-0.3, -0.25) is 9.59 Å². The molecule has 33 heavy (non-hydrogen) atoms. The zero-order valence-corrected chi connectivity index (χ0v) is 19.6. The number of anilines is 1. The first-order valence-corrected chi connectivity index (χ1v) is 12.0. The van der Waals surface area contributed by atoms with E-state index in [0.717, 1.165) is 5.56 Å². The van der Waals surface area contributed by atoms with Crippen LogP contribution < -0.4 is 10.2 Å². The molecule has 0 aliphatic carbocycles. The number of rotatable bonds is 7. The molecular weight excluding hydrogens is 460 g/mol. The van der Waals surface area contributed by atoms with Gasteiger partial charge in [0.1, 0.15) is 0 Å². The summed E-state index contributed by atoms with van der Waals surface area (Å²) in [6.07, 6.45) is 0.686. The molecule has 0 saturated carbocycles. The fourth-order valence-electron chi connectivity index (χ4n) is 3.70. The molecule has 0 fully saturated rings. The number of methoxy groups -OCH3 is 1. The van der Waals surface area contributed by atoms with Crippen molar-refractivity contribution in [2.24, 2.45) is 0 Å². The van der Waals surface area contributed by atoms with E-state index in [4.69, 9.17) is 16.3 Å². The third-order valence-electron chi connectivity index (χ3n) is 5.31. The maximum Gasteiger partial charge on any atom is 0.259 e. The van der Waals surface area contributed by atoms with Crippen LogP contribution in [-0.2, 0) is 22.1 Å². The average Bonchev–Trinajstić information content (AvgIpc) is 2.91. The minimum Gasteiger partial charge on any atom is -0.385 e. The van der Waals surface area contributed by atoms with E-state index in [9.17, 15) is 13.8 Å². The monoisotopic (exact) mass is 482 g/mol. The van der Waals surface area contributed by atoms with Crippen LogP contribution in [0.1, 0.15) is 32.7 Å². The van der Waals surface area contributed by atoms with Gasteiger partial charge in [0.15, 0.2) is 0 Å². The van der Waals surface area contributed by atoms with Crippen molar-refractivity contribution in [2.45, 2.75) is 22.8 Å². The molecule has 6 nitrogen and oxygen atoms in total. The fourth-order valence-corrected chi connectivity index (χ4v) is 5.26. The maximum atomic E-state index is 13.6. The van der Waals surface area contributed by atoms with E-state index in [1.165, 1.54) is 0 Å². The lowest BCUT2D eigenvalue weighted by atomic mass is 10.1. The van der Waals surface area contributed by atoms with Gasteiger partial charge in [0.25, 0.3) is 11.8 Å². The number of carbonyl (C=O) groups excluding carboxylic acids is 2. The summed E-state index contributed by atoms with van der Waals surface area (Å²) in [7, 11) is 0.0315. The van der Waals surface area contributed by atoms with E-state index in [1.54, 1.807) is 66.6 Å². The van der Waals surface area contributed by atoms with Crippen molar-refractivity contribution in [1.82, 2.24) is 5.32 Å². The number of ether oxygens (including phenoxy) is 1. The Morgan fingerprint density at radius 1 is 1.06 bits per heavy atom. The van der Waals surface area contributed by atoms with Crippen LogP contribution in [0.5, 0.6) is 0 Å². The summed E-state index contributed by atoms with van der Waals surface area (Å²) in [5.41, 5.74) is 2.03. The first kappa shape index (κ1) is 23.2. The molecule has 170 valence electrons. The van der Waals surface area contributed by atoms with E-state index in [1.807, 2.05) is 12.1 Å². The quantitative estimate of drug-likeness (QED) is 0.505. The lowest BCUT2D eigenvalue weighted by Gasteiger charge is -2.23. The van der Waals surface area contributed by atoms with Crippen molar-refractivity contribution in [3.63, 3.8) is 0 Å². The van der Waals surface area contributed by atoms with Crippen LogP contribution >= 0.6 is 11.6 Å². The van der Waals surface area contributed by atoms with Crippen molar-refractivity contribution >= 4 is 39.9 Å². The van der Waals surface area contributed by atoms with Gasteiger partial charge in [-0.25, -0.2) is 4.21 Å². The minimum absolute atomic E-state index is 0.219. The highest BCUT2D eigenvalue weighted by molar-refractivity contribution is 7.85. The van der Waals surface area contributed by atoms with Crippen LogP contribution in [0.2, 0.25) is 5.02 Å². The molecule has 0 unspecified atom stereocenters. The second-order valence-corrected chi connectivity index (χ2v) is 9.42. The lowest BCUT2D eigenvalue weighted by molar-refractivity contribution is 0.0945. The molecule has 0 bridgehead atoms. The van der Waals surface area contributed by atoms with Crippen LogP contribution in [0.25, 0.3) is 0 Å². The number of hydrogen-bond donors (Lipinski definition) is 1. The van der Waals surface area contributed by atoms with Gasteiger partial charge < -0.3 is 15.0 Å². The number of fused-ring (bicyclic) bond motifs is 2. The Morgan fingerprint density at radius 3 is 2.67 bits per heavy atom. The van der Waals surface area contributed by atoms with Crippen molar-refractivity contribution in [2.75, 3.05) is 25.2 Å². The van der Waals surface area contributed by atoms with E-state index < -0.39 is 10.8 Å². The van der Waals surface area contributed by atoms with Gasteiger partial charge in [0.05, 0.1) is 38.4 Å². The van der Waals surface area contributed by atoms with Gasteiger partial charge in [-0.15, -0.1) is 0 Å². The van der Waals surface area contributed by atoms with Crippen LogP contribution in [-0.4, -0.2) is 36.3 Å². The number of nitrogens with one attached hydrogen (secondary N) is 1. The Kier molecular flexibility index (Phi) is 7.23. The summed E-state index contributed by atoms with van der Waals surface area (Å²) in [6, 6.07) is 19.1. The molecule has 0 aromatic heterocycles. The van der Waals surface area contributed by atoms with E-state index in [0.29, 0.717) is 51.2 Å². The Hall–Kier alpha value is -3.00. The van der Waals surface area contributed by atoms with Crippen molar-refractivity contribution in [3.8, 4) is 0 Å². The number of halogens is 1. The Labute approximate surface area is 200 Å². The number of amides is 2. The Bertz CT molecular complexity index is 1230. The Morgan fingerprint density at radius 2 is 1.88 bits per heavy atom. The molecule has 0 spiro atoms. The molecule has 1 aliphatic rings. The van der Waals surface area contributed by atoms with Gasteiger partial charge in [-0.05, 0) is 54.4 Å². The summed E-state index contributed by atoms with van der Waals surface area (Å²) in [6.45, 7) is 1.23. The number of hydrogen-bond acceptors (Lipinski definition) is 4. The highest BCUT2D eigenvalue weighted by Crippen LogP contribution is 2.36. The predicted molar refractivity (Wildman–Crippen MR) is 128 cm³/mol. The highest BCUT2D eigenvalue weighted by atomic mass is 35.5. The van der Waals surface area contributed by atoms with Crippen LogP contribution in [0.4, 0.5) is 5.69 Å². The van der Waals surface area contributed by atoms with E-state index in [-0.39, 0.29) is 18.4 Å². The second kappa shape index (κ2) is 10.3. The number of nitrogens with zero attached hydrogens (tertiary/aromatic N) is 1. The van der Waals surface area contributed by atoms with Crippen LogP contribution in [0.3, 0.4) is 0 Å². The lowest BCUT2D eigenvalue weighted by Crippen LogP contribution is -2.31. The largest absolute Gasteiger partial charge is 0.385 e. The second-order valence-electron chi connectivity index (χ2n) is 7.57. The van der Waals surface area contributed by atoms with Crippen molar-refractivity contribution < 1.29 is 18.5 Å². The first-order valence-electron chi connectivity index (χ1n) is 10.5. The summed E-state index contributed by atoms with van der Waals surface area (Å²) in [4.78, 5) is 28.8. The molecule has 8 heteroatoms. The third kappa shape index (κ3) is 5.00. The van der Waals surface area contributed by atoms with Gasteiger partial charge in [-0.2, -0.15) is 0 Å². The zero-order valence-electron chi connectivity index (χ0n) is 18.0. The molecular formula is C25H23ClN2O4S. The van der Waals surface area contributed by atoms with Gasteiger partial charge in [0.2, 0.25) is 0 Å². The maximum absolute atomic E-state index is 13.6. The van der Waals surface area contributed by atoms with Gasteiger partial charge in [-0.1, -0.05) is 35.9 Å². The van der Waals surface area contributed by atoms with E-state index in [2.05, 4.69) is 5.32 Å². The fraction of sp³-hybridized carbons (Fsp3) is 0.200. The molecule has 1 aliphatic heterocycles. The molecule has 1 heterocycles. The molecule has 2 amide bonds. The highest BCUT2D eigenvalue weighted by Gasteiger charge is 2.31. The van der Waals surface area contributed by atoms with Crippen LogP contribution in [0.15, 0.2) is 76.5 Å². The normalized spacial score (nSPS) is 14.9. The minimum atomic E-state index is -1.58. The zero-order chi connectivity index (χ0) is 23.4. The van der Waals surface area contributed by atoms with Gasteiger partial charge in [0, 0.05) is 30.8 Å². The third-order valence-corrected chi connectivity index (χ3v) is 7.05. The SMILES string of the molecule is COCCCNC(=O)c1ccc2c(c1)N(Cc1cccc(Cl)c1)C(=O)c1ccccc1[S@]2=O. The van der Waals surface area contributed by atoms with Crippen molar-refractivity contribution in [3.05, 3.63) is 88.4 Å². The standard InChI is InChI=1S/C25H23ClN2O4S/c1-32-13-5-12-27-24(29)18-10-11-23-21(15-18)28(16-17-6-4-7-19(26)14-17)25(30)20-8-2-3-9-22(20)33(23)31/h2-4,6-11,14-15H,5,12-13,16H2,1H3,(H,27,29)/t33-/m1/s1. The molecule has 0 radical (unpaired) electrons. The predicted octanol–water partition coefficient (Wildman–Crippen LogP) is 4.43. The molecule has 1 atom stereocenters. The topological polar surface area (TPSA) is 75.7 Å². The molecule has 3 aromatic carbocycles. The van der Waals surface area contributed by atoms with E-state index >= 15 is 0 Å². The van der Waals surface area contributed by atoms with Gasteiger partial charge >= 0.3 is 0 Å². The molecule has 3 aromatic rings. The first-order chi connectivity index (χ1) is 16.0. The smallest absolute Gasteiger partial charge is 0.259 e. The molecule has 0 saturated heterocycles. The summed E-state index contributed by atoms with van der Waals surface area (Å²) in [5.74, 6) is -0.549. The summed E-state index contributed by atoms with van der Waals surface area (Å²) in [5, 5.41) is 3.41. The van der Waals surface area contributed by atoms with Crippen molar-refractivity contribution in [1.29, 1.82) is 0 Å². The number of benzene rings is 3. The van der Waals surface area contributed by atoms with Crippen LogP contribution in [0, 0.1) is 0 Å². The molecule has 4 rings (SSSR count). The summed E-state index contributed by atoms with van der Waals surface area (Å²) >= 11 is 6.16.